The Bertz CT molecular complexity index is 542. The Labute approximate surface area is 130 Å². The van der Waals surface area contributed by atoms with Gasteiger partial charge in [0.05, 0.1) is 25.7 Å². The first-order valence-electron chi connectivity index (χ1n) is 7.82. The van der Waals surface area contributed by atoms with Crippen LogP contribution in [0.2, 0.25) is 0 Å². The van der Waals surface area contributed by atoms with Gasteiger partial charge in [0, 0.05) is 12.0 Å². The second-order valence-corrected chi connectivity index (χ2v) is 6.03. The number of carboxylic acids is 1. The Hall–Kier alpha value is -1.75. The summed E-state index contributed by atoms with van der Waals surface area (Å²) in [5.74, 6) is 0.395. The van der Waals surface area contributed by atoms with Crippen LogP contribution >= 0.6 is 0 Å². The van der Waals surface area contributed by atoms with Crippen molar-refractivity contribution in [2.45, 2.75) is 43.6 Å². The fraction of sp³-hybridized carbons (Fsp3) is 0.588. The van der Waals surface area contributed by atoms with E-state index >= 15 is 0 Å². The van der Waals surface area contributed by atoms with Crippen molar-refractivity contribution in [3.05, 3.63) is 23.8 Å². The lowest BCUT2D eigenvalue weighted by atomic mass is 9.78. The molecule has 0 bridgehead atoms. The molecule has 1 heterocycles. The lowest BCUT2D eigenvalue weighted by Gasteiger charge is -2.27. The fourth-order valence-corrected chi connectivity index (χ4v) is 3.56. The Morgan fingerprint density at radius 3 is 2.73 bits per heavy atom. The van der Waals surface area contributed by atoms with E-state index in [9.17, 15) is 9.90 Å². The van der Waals surface area contributed by atoms with Crippen LogP contribution in [-0.2, 0) is 14.9 Å². The van der Waals surface area contributed by atoms with Crippen molar-refractivity contribution in [2.24, 2.45) is 0 Å². The summed E-state index contributed by atoms with van der Waals surface area (Å²) in [4.78, 5) is 11.9. The molecule has 1 N–H and O–H groups in total. The summed E-state index contributed by atoms with van der Waals surface area (Å²) in [5.41, 5.74) is -0.118. The van der Waals surface area contributed by atoms with Crippen molar-refractivity contribution in [3.8, 4) is 11.5 Å². The van der Waals surface area contributed by atoms with Gasteiger partial charge in [-0.15, -0.1) is 0 Å². The molecule has 1 saturated carbocycles. The quantitative estimate of drug-likeness (QED) is 0.906. The average molecular weight is 306 g/mol. The van der Waals surface area contributed by atoms with Crippen molar-refractivity contribution in [1.29, 1.82) is 0 Å². The lowest BCUT2D eigenvalue weighted by Crippen LogP contribution is -2.33. The first kappa shape index (κ1) is 15.2. The van der Waals surface area contributed by atoms with E-state index in [-0.39, 0.29) is 6.10 Å². The highest BCUT2D eigenvalue weighted by atomic mass is 16.6. The topological polar surface area (TPSA) is 65.0 Å². The second kappa shape index (κ2) is 6.16. The molecule has 5 nitrogen and oxygen atoms in total. The summed E-state index contributed by atoms with van der Waals surface area (Å²) in [6.45, 7) is 1.27. The Morgan fingerprint density at radius 2 is 2.14 bits per heavy atom. The minimum atomic E-state index is -0.850. The van der Waals surface area contributed by atoms with Crippen molar-refractivity contribution >= 4 is 5.97 Å². The maximum absolute atomic E-state index is 11.9. The van der Waals surface area contributed by atoms with E-state index in [1.54, 1.807) is 7.11 Å². The van der Waals surface area contributed by atoms with Crippen LogP contribution in [0.25, 0.3) is 0 Å². The monoisotopic (exact) mass is 306 g/mol. The molecule has 1 aromatic carbocycles. The van der Waals surface area contributed by atoms with E-state index in [0.717, 1.165) is 24.8 Å². The third kappa shape index (κ3) is 2.54. The largest absolute Gasteiger partial charge is 0.493 e. The van der Waals surface area contributed by atoms with Crippen LogP contribution in [0.4, 0.5) is 0 Å². The molecular formula is C17H22O5. The number of rotatable bonds is 5. The van der Waals surface area contributed by atoms with Crippen LogP contribution in [0.3, 0.4) is 0 Å². The molecule has 0 radical (unpaired) electrons. The van der Waals surface area contributed by atoms with Crippen LogP contribution in [0.1, 0.15) is 37.7 Å². The van der Waals surface area contributed by atoms with Crippen LogP contribution < -0.4 is 9.47 Å². The standard InChI is InChI=1S/C17H22O5/c1-20-15-13(17(16(18)19)8-2-3-9-17)5-4-6-14(15)22-12-7-10-21-11-12/h4-6,12H,2-3,7-11H2,1H3,(H,18,19). The summed E-state index contributed by atoms with van der Waals surface area (Å²) in [7, 11) is 1.57. The Kier molecular flexibility index (Phi) is 4.25. The second-order valence-electron chi connectivity index (χ2n) is 6.03. The highest BCUT2D eigenvalue weighted by molar-refractivity contribution is 5.83. The molecule has 1 aromatic rings. The molecule has 3 rings (SSSR count). The van der Waals surface area contributed by atoms with Gasteiger partial charge in [0.2, 0.25) is 0 Å². The average Bonchev–Trinajstić information content (AvgIpc) is 3.19. The molecule has 1 saturated heterocycles. The zero-order chi connectivity index (χ0) is 15.6. The molecule has 1 unspecified atom stereocenters. The van der Waals surface area contributed by atoms with E-state index in [0.29, 0.717) is 37.6 Å². The molecule has 0 spiro atoms. The maximum Gasteiger partial charge on any atom is 0.314 e. The molecular weight excluding hydrogens is 284 g/mol. The molecule has 0 amide bonds. The SMILES string of the molecule is COc1c(OC2CCOC2)cccc1C1(C(=O)O)CCCC1. The number of para-hydroxylation sites is 1. The number of methoxy groups -OCH3 is 1. The predicted molar refractivity (Wildman–Crippen MR) is 80.6 cm³/mol. The van der Waals surface area contributed by atoms with E-state index in [2.05, 4.69) is 0 Å². The number of hydrogen-bond donors (Lipinski definition) is 1. The fourth-order valence-electron chi connectivity index (χ4n) is 3.56. The van der Waals surface area contributed by atoms with Crippen LogP contribution in [0.15, 0.2) is 18.2 Å². The highest BCUT2D eigenvalue weighted by Crippen LogP contribution is 2.48. The molecule has 120 valence electrons. The smallest absolute Gasteiger partial charge is 0.314 e. The predicted octanol–water partition coefficient (Wildman–Crippen LogP) is 2.76. The van der Waals surface area contributed by atoms with Crippen LogP contribution in [0, 0.1) is 0 Å². The first-order chi connectivity index (χ1) is 10.7. The number of aliphatic carboxylic acids is 1. The third-order valence-electron chi connectivity index (χ3n) is 4.75. The summed E-state index contributed by atoms with van der Waals surface area (Å²) < 4.78 is 16.9. The molecule has 1 atom stereocenters. The first-order valence-corrected chi connectivity index (χ1v) is 7.82. The Balaban J connectivity index is 1.98. The van der Waals surface area contributed by atoms with Gasteiger partial charge in [0.15, 0.2) is 11.5 Å². The highest BCUT2D eigenvalue weighted by Gasteiger charge is 2.45. The van der Waals surface area contributed by atoms with E-state index < -0.39 is 11.4 Å². The van der Waals surface area contributed by atoms with E-state index in [4.69, 9.17) is 14.2 Å². The van der Waals surface area contributed by atoms with Gasteiger partial charge in [-0.1, -0.05) is 25.0 Å². The van der Waals surface area contributed by atoms with Gasteiger partial charge in [-0.25, -0.2) is 0 Å². The van der Waals surface area contributed by atoms with Gasteiger partial charge in [-0.05, 0) is 18.9 Å². The molecule has 1 aliphatic heterocycles. The van der Waals surface area contributed by atoms with Crippen LogP contribution in [-0.4, -0.2) is 37.5 Å². The number of hydrogen-bond acceptors (Lipinski definition) is 4. The molecule has 0 aromatic heterocycles. The van der Waals surface area contributed by atoms with Gasteiger partial charge in [-0.2, -0.15) is 0 Å². The van der Waals surface area contributed by atoms with Gasteiger partial charge < -0.3 is 19.3 Å². The summed E-state index contributed by atoms with van der Waals surface area (Å²) in [6.07, 6.45) is 4.00. The minimum Gasteiger partial charge on any atom is -0.493 e. The van der Waals surface area contributed by atoms with Gasteiger partial charge in [0.1, 0.15) is 6.10 Å². The van der Waals surface area contributed by atoms with Crippen molar-refractivity contribution < 1.29 is 24.1 Å². The van der Waals surface area contributed by atoms with Crippen molar-refractivity contribution in [2.75, 3.05) is 20.3 Å². The molecule has 2 fully saturated rings. The molecule has 5 heteroatoms. The molecule has 22 heavy (non-hydrogen) atoms. The molecule has 1 aliphatic carbocycles. The third-order valence-corrected chi connectivity index (χ3v) is 4.75. The summed E-state index contributed by atoms with van der Waals surface area (Å²) in [5, 5.41) is 9.80. The Morgan fingerprint density at radius 1 is 1.36 bits per heavy atom. The number of ether oxygens (including phenoxy) is 3. The van der Waals surface area contributed by atoms with Gasteiger partial charge in [-0.3, -0.25) is 4.79 Å². The summed E-state index contributed by atoms with van der Waals surface area (Å²) >= 11 is 0. The number of carbonyl (C=O) groups is 1. The zero-order valence-corrected chi connectivity index (χ0v) is 12.8. The van der Waals surface area contributed by atoms with Crippen molar-refractivity contribution in [3.63, 3.8) is 0 Å². The molecule has 2 aliphatic rings. The lowest BCUT2D eigenvalue weighted by molar-refractivity contribution is -0.143. The zero-order valence-electron chi connectivity index (χ0n) is 12.8. The number of benzene rings is 1. The number of carboxylic acid groups (broad SMARTS) is 1. The van der Waals surface area contributed by atoms with E-state index in [1.807, 2.05) is 18.2 Å². The van der Waals surface area contributed by atoms with Crippen LogP contribution in [0.5, 0.6) is 11.5 Å². The van der Waals surface area contributed by atoms with Gasteiger partial charge >= 0.3 is 5.97 Å². The van der Waals surface area contributed by atoms with Crippen molar-refractivity contribution in [1.82, 2.24) is 0 Å². The summed E-state index contributed by atoms with van der Waals surface area (Å²) in [6, 6.07) is 5.55. The van der Waals surface area contributed by atoms with E-state index in [1.165, 1.54) is 0 Å². The maximum atomic E-state index is 11.9. The normalized spacial score (nSPS) is 23.4. The van der Waals surface area contributed by atoms with Gasteiger partial charge in [0.25, 0.3) is 0 Å². The minimum absolute atomic E-state index is 0.00788.